The van der Waals surface area contributed by atoms with Crippen LogP contribution in [0.25, 0.3) is 0 Å². The molecule has 5 nitrogen and oxygen atoms in total. The lowest BCUT2D eigenvalue weighted by Gasteiger charge is -2.41. The second kappa shape index (κ2) is 10.8. The standard InChI is InChI=1S/C23H36N2O3/c1-4-5-6-7-8-9-14-26-21-11-10-19(15-20(21)16-24)12-13-23(25)17-27-22(2,3)28-18-23/h10-11,15H,4-9,12-14,17-18,25H2,1-3H3. The molecule has 156 valence electrons. The highest BCUT2D eigenvalue weighted by atomic mass is 16.7. The molecule has 0 amide bonds. The van der Waals surface area contributed by atoms with Crippen LogP contribution in [0, 0.1) is 11.3 Å². The van der Waals surface area contributed by atoms with Crippen LogP contribution in [0.1, 0.15) is 76.8 Å². The van der Waals surface area contributed by atoms with Gasteiger partial charge in [-0.15, -0.1) is 0 Å². The summed E-state index contributed by atoms with van der Waals surface area (Å²) in [4.78, 5) is 0. The minimum atomic E-state index is -0.564. The first-order chi connectivity index (χ1) is 13.4. The molecule has 28 heavy (non-hydrogen) atoms. The van der Waals surface area contributed by atoms with Crippen LogP contribution >= 0.6 is 0 Å². The van der Waals surface area contributed by atoms with Crippen LogP contribution in [0.4, 0.5) is 0 Å². The molecule has 1 aromatic rings. The second-order valence-corrected chi connectivity index (χ2v) is 8.40. The number of unbranched alkanes of at least 4 members (excludes halogenated alkanes) is 5. The molecule has 2 N–H and O–H groups in total. The number of aryl methyl sites for hydroxylation is 1. The normalized spacial score (nSPS) is 17.8. The zero-order valence-corrected chi connectivity index (χ0v) is 17.8. The summed E-state index contributed by atoms with van der Waals surface area (Å²) in [5, 5.41) is 9.47. The van der Waals surface area contributed by atoms with Crippen molar-refractivity contribution in [3.8, 4) is 11.8 Å². The van der Waals surface area contributed by atoms with Crippen molar-refractivity contribution < 1.29 is 14.2 Å². The van der Waals surface area contributed by atoms with Gasteiger partial charge in [-0.1, -0.05) is 45.1 Å². The summed E-state index contributed by atoms with van der Waals surface area (Å²) in [6, 6.07) is 8.10. The zero-order chi connectivity index (χ0) is 20.5. The number of nitrogens with two attached hydrogens (primary N) is 1. The van der Waals surface area contributed by atoms with Crippen LogP contribution < -0.4 is 10.5 Å². The first-order valence-electron chi connectivity index (χ1n) is 10.6. The molecule has 1 aromatic carbocycles. The lowest BCUT2D eigenvalue weighted by molar-refractivity contribution is -0.267. The highest BCUT2D eigenvalue weighted by Crippen LogP contribution is 2.26. The van der Waals surface area contributed by atoms with Gasteiger partial charge in [0.15, 0.2) is 5.79 Å². The maximum atomic E-state index is 9.47. The van der Waals surface area contributed by atoms with Crippen LogP contribution in [-0.2, 0) is 15.9 Å². The number of ether oxygens (including phenoxy) is 3. The van der Waals surface area contributed by atoms with E-state index >= 15 is 0 Å². The first-order valence-corrected chi connectivity index (χ1v) is 10.6. The number of rotatable bonds is 11. The molecule has 1 aliphatic heterocycles. The lowest BCUT2D eigenvalue weighted by atomic mass is 9.92. The lowest BCUT2D eigenvalue weighted by Crippen LogP contribution is -2.57. The molecule has 1 heterocycles. The van der Waals surface area contributed by atoms with E-state index in [-0.39, 0.29) is 0 Å². The maximum absolute atomic E-state index is 9.47. The molecular weight excluding hydrogens is 352 g/mol. The molecule has 2 rings (SSSR count). The van der Waals surface area contributed by atoms with Gasteiger partial charge in [0.05, 0.1) is 30.9 Å². The maximum Gasteiger partial charge on any atom is 0.162 e. The topological polar surface area (TPSA) is 77.5 Å². The Hall–Kier alpha value is -1.61. The van der Waals surface area contributed by atoms with Crippen molar-refractivity contribution >= 4 is 0 Å². The molecule has 0 bridgehead atoms. The third-order valence-corrected chi connectivity index (χ3v) is 5.25. The van der Waals surface area contributed by atoms with E-state index in [9.17, 15) is 5.26 Å². The van der Waals surface area contributed by atoms with Gasteiger partial charge in [0.2, 0.25) is 0 Å². The largest absolute Gasteiger partial charge is 0.492 e. The molecular formula is C23H36N2O3. The van der Waals surface area contributed by atoms with E-state index in [1.54, 1.807) is 0 Å². The summed E-state index contributed by atoms with van der Waals surface area (Å²) >= 11 is 0. The highest BCUT2D eigenvalue weighted by molar-refractivity contribution is 5.45. The van der Waals surface area contributed by atoms with Crippen molar-refractivity contribution in [2.45, 2.75) is 83.5 Å². The van der Waals surface area contributed by atoms with Crippen molar-refractivity contribution in [3.63, 3.8) is 0 Å². The van der Waals surface area contributed by atoms with Gasteiger partial charge in [-0.2, -0.15) is 5.26 Å². The summed E-state index contributed by atoms with van der Waals surface area (Å²) in [5.74, 6) is 0.111. The molecule has 0 unspecified atom stereocenters. The van der Waals surface area contributed by atoms with Crippen molar-refractivity contribution in [1.29, 1.82) is 5.26 Å². The SMILES string of the molecule is CCCCCCCCOc1ccc(CCC2(N)COC(C)(C)OC2)cc1C#N. The van der Waals surface area contributed by atoms with E-state index < -0.39 is 11.3 Å². The highest BCUT2D eigenvalue weighted by Gasteiger charge is 2.36. The number of hydrogen-bond acceptors (Lipinski definition) is 5. The zero-order valence-electron chi connectivity index (χ0n) is 17.8. The Morgan fingerprint density at radius 2 is 1.79 bits per heavy atom. The van der Waals surface area contributed by atoms with E-state index in [1.807, 2.05) is 32.0 Å². The third-order valence-electron chi connectivity index (χ3n) is 5.25. The van der Waals surface area contributed by atoms with Crippen molar-refractivity contribution in [2.75, 3.05) is 19.8 Å². The van der Waals surface area contributed by atoms with Crippen LogP contribution in [0.3, 0.4) is 0 Å². The van der Waals surface area contributed by atoms with Gasteiger partial charge in [0.1, 0.15) is 11.8 Å². The van der Waals surface area contributed by atoms with Crippen molar-refractivity contribution in [2.24, 2.45) is 5.73 Å². The van der Waals surface area contributed by atoms with E-state index in [2.05, 4.69) is 13.0 Å². The van der Waals surface area contributed by atoms with Gasteiger partial charge in [-0.05, 0) is 50.8 Å². The predicted octanol–water partition coefficient (Wildman–Crippen LogP) is 4.71. The average molecular weight is 389 g/mol. The smallest absolute Gasteiger partial charge is 0.162 e. The van der Waals surface area contributed by atoms with Crippen LogP contribution in [-0.4, -0.2) is 31.1 Å². The molecule has 1 fully saturated rings. The number of nitriles is 1. The molecule has 0 aromatic heterocycles. The average Bonchev–Trinajstić information content (AvgIpc) is 2.69. The molecule has 0 atom stereocenters. The summed E-state index contributed by atoms with van der Waals surface area (Å²) in [5.41, 5.74) is 7.59. The summed E-state index contributed by atoms with van der Waals surface area (Å²) in [6.07, 6.45) is 8.85. The van der Waals surface area contributed by atoms with Gasteiger partial charge in [0, 0.05) is 0 Å². The molecule has 0 spiro atoms. The Morgan fingerprint density at radius 1 is 1.11 bits per heavy atom. The Bertz CT molecular complexity index is 642. The quantitative estimate of drug-likeness (QED) is 0.555. The summed E-state index contributed by atoms with van der Waals surface area (Å²) < 4.78 is 17.2. The Labute approximate surface area is 170 Å². The van der Waals surface area contributed by atoms with E-state index in [0.717, 1.165) is 24.8 Å². The molecule has 1 aliphatic rings. The Kier molecular flexibility index (Phi) is 8.75. The number of nitrogens with zero attached hydrogens (tertiary/aromatic N) is 1. The molecule has 1 saturated heterocycles. The van der Waals surface area contributed by atoms with Crippen molar-refractivity contribution in [3.05, 3.63) is 29.3 Å². The predicted molar refractivity (Wildman–Crippen MR) is 111 cm³/mol. The van der Waals surface area contributed by atoms with Crippen LogP contribution in [0.15, 0.2) is 18.2 Å². The van der Waals surface area contributed by atoms with Gasteiger partial charge < -0.3 is 19.9 Å². The summed E-state index contributed by atoms with van der Waals surface area (Å²) in [6.45, 7) is 7.64. The van der Waals surface area contributed by atoms with Gasteiger partial charge in [-0.3, -0.25) is 0 Å². The Morgan fingerprint density at radius 3 is 2.46 bits per heavy atom. The van der Waals surface area contributed by atoms with E-state index in [1.165, 1.54) is 32.1 Å². The third kappa shape index (κ3) is 7.43. The fourth-order valence-corrected chi connectivity index (χ4v) is 3.27. The summed E-state index contributed by atoms with van der Waals surface area (Å²) in [7, 11) is 0. The van der Waals surface area contributed by atoms with Crippen LogP contribution in [0.5, 0.6) is 5.75 Å². The van der Waals surface area contributed by atoms with E-state index in [0.29, 0.717) is 31.1 Å². The van der Waals surface area contributed by atoms with Crippen molar-refractivity contribution in [1.82, 2.24) is 0 Å². The molecule has 0 aliphatic carbocycles. The molecule has 0 radical (unpaired) electrons. The number of hydrogen-bond donors (Lipinski definition) is 1. The van der Waals surface area contributed by atoms with Gasteiger partial charge in [0.25, 0.3) is 0 Å². The first kappa shape index (κ1) is 22.7. The van der Waals surface area contributed by atoms with Crippen LogP contribution in [0.2, 0.25) is 0 Å². The monoisotopic (exact) mass is 388 g/mol. The van der Waals surface area contributed by atoms with Gasteiger partial charge >= 0.3 is 0 Å². The fraction of sp³-hybridized carbons (Fsp3) is 0.696. The fourth-order valence-electron chi connectivity index (χ4n) is 3.27. The minimum Gasteiger partial charge on any atom is -0.492 e. The molecule has 5 heteroatoms. The van der Waals surface area contributed by atoms with Gasteiger partial charge in [-0.25, -0.2) is 0 Å². The second-order valence-electron chi connectivity index (χ2n) is 8.40. The molecule has 0 saturated carbocycles. The van der Waals surface area contributed by atoms with E-state index in [4.69, 9.17) is 19.9 Å². The Balaban J connectivity index is 1.80. The minimum absolute atomic E-state index is 0.477. The number of benzene rings is 1.